The van der Waals surface area contributed by atoms with E-state index in [4.69, 9.17) is 0 Å². The van der Waals surface area contributed by atoms with E-state index >= 15 is 0 Å². The lowest BCUT2D eigenvalue weighted by Gasteiger charge is -2.38. The molecule has 0 aliphatic heterocycles. The number of aromatic nitrogens is 1. The average Bonchev–Trinajstić information content (AvgIpc) is 2.76. The Bertz CT molecular complexity index is 505. The minimum absolute atomic E-state index is 0.0488. The topological polar surface area (TPSA) is 85.4 Å². The number of hydrogen-bond donors (Lipinski definition) is 1. The first kappa shape index (κ1) is 12.5. The zero-order chi connectivity index (χ0) is 12.5. The minimum atomic E-state index is -3.72. The number of hydrogen-bond acceptors (Lipinski definition) is 6. The van der Waals surface area contributed by atoms with E-state index in [1.807, 2.05) is 0 Å². The van der Waals surface area contributed by atoms with Gasteiger partial charge in [-0.2, -0.15) is 4.72 Å². The van der Waals surface area contributed by atoms with Crippen molar-refractivity contribution in [1.29, 1.82) is 0 Å². The Morgan fingerprint density at radius 1 is 1.65 bits per heavy atom. The van der Waals surface area contributed by atoms with Crippen LogP contribution in [0.2, 0.25) is 0 Å². The number of ether oxygens (including phenoxy) is 1. The van der Waals surface area contributed by atoms with Crippen LogP contribution in [-0.4, -0.2) is 32.0 Å². The number of methoxy groups -OCH3 is 1. The predicted molar refractivity (Wildman–Crippen MR) is 59.9 cm³/mol. The first-order chi connectivity index (χ1) is 8.00. The number of thiazole rings is 1. The predicted octanol–water partition coefficient (Wildman–Crippen LogP) is 0.317. The van der Waals surface area contributed by atoms with Crippen molar-refractivity contribution in [2.75, 3.05) is 7.11 Å². The van der Waals surface area contributed by atoms with Gasteiger partial charge in [-0.25, -0.2) is 13.4 Å². The molecule has 1 fully saturated rings. The van der Waals surface area contributed by atoms with Crippen molar-refractivity contribution in [3.63, 3.8) is 0 Å². The van der Waals surface area contributed by atoms with E-state index in [1.165, 1.54) is 13.3 Å². The highest BCUT2D eigenvalue weighted by Crippen LogP contribution is 2.34. The van der Waals surface area contributed by atoms with Crippen molar-refractivity contribution in [3.05, 3.63) is 11.7 Å². The Hall–Kier alpha value is -0.990. The first-order valence-corrected chi connectivity index (χ1v) is 7.24. The Morgan fingerprint density at radius 3 is 2.76 bits per heavy atom. The van der Waals surface area contributed by atoms with E-state index in [0.717, 1.165) is 17.8 Å². The quantitative estimate of drug-likeness (QED) is 0.800. The third-order valence-corrected chi connectivity index (χ3v) is 5.45. The van der Waals surface area contributed by atoms with E-state index in [-0.39, 0.29) is 4.21 Å². The number of sulfonamides is 1. The Morgan fingerprint density at radius 2 is 2.35 bits per heavy atom. The van der Waals surface area contributed by atoms with E-state index in [2.05, 4.69) is 20.0 Å². The summed E-state index contributed by atoms with van der Waals surface area (Å²) in [5.74, 6) is -0.541. The second-order valence-electron chi connectivity index (χ2n) is 3.80. The summed E-state index contributed by atoms with van der Waals surface area (Å²) in [6, 6.07) is 0. The second-order valence-corrected chi connectivity index (χ2v) is 6.54. The standard InChI is InChI=1S/C9H11N2O4S2/c1-15-8(12)9(3-2-4-9)11-17(13,14)7-5-10-6-16-7/h5,11H,2-4H2,1H3. The van der Waals surface area contributed by atoms with E-state index in [0.29, 0.717) is 12.8 Å². The SMILES string of the molecule is COC(=O)C1(NS(=O)(=O)c2cn[c]s2)CCC1. The normalized spacial score (nSPS) is 18.4. The molecule has 0 aromatic carbocycles. The van der Waals surface area contributed by atoms with Crippen LogP contribution in [0.4, 0.5) is 0 Å². The maximum absolute atomic E-state index is 12.0. The van der Waals surface area contributed by atoms with Gasteiger partial charge in [0.05, 0.1) is 13.3 Å². The number of carbonyl (C=O) groups is 1. The van der Waals surface area contributed by atoms with Gasteiger partial charge < -0.3 is 4.74 Å². The van der Waals surface area contributed by atoms with Crippen LogP contribution in [-0.2, 0) is 19.6 Å². The van der Waals surface area contributed by atoms with Gasteiger partial charge in [0, 0.05) is 0 Å². The van der Waals surface area contributed by atoms with Crippen LogP contribution >= 0.6 is 11.3 Å². The molecule has 1 saturated carbocycles. The van der Waals surface area contributed by atoms with Gasteiger partial charge in [0.1, 0.15) is 5.54 Å². The molecule has 0 bridgehead atoms. The molecular formula is C9H11N2O4S2. The first-order valence-electron chi connectivity index (χ1n) is 4.94. The van der Waals surface area contributed by atoms with Gasteiger partial charge in [-0.15, -0.1) is 0 Å². The van der Waals surface area contributed by atoms with Gasteiger partial charge >= 0.3 is 5.97 Å². The maximum Gasteiger partial charge on any atom is 0.327 e. The lowest BCUT2D eigenvalue weighted by Crippen LogP contribution is -2.59. The van der Waals surface area contributed by atoms with Crippen molar-refractivity contribution < 1.29 is 17.9 Å². The molecule has 0 atom stereocenters. The molecule has 2 rings (SSSR count). The molecule has 1 aromatic rings. The molecular weight excluding hydrogens is 264 g/mol. The summed E-state index contributed by atoms with van der Waals surface area (Å²) in [5, 5.41) is 0. The highest BCUT2D eigenvalue weighted by atomic mass is 32.2. The van der Waals surface area contributed by atoms with Gasteiger partial charge in [-0.05, 0) is 19.3 Å². The van der Waals surface area contributed by atoms with Crippen LogP contribution in [0.25, 0.3) is 0 Å². The molecule has 1 aromatic heterocycles. The van der Waals surface area contributed by atoms with Crippen LogP contribution in [0.15, 0.2) is 10.4 Å². The van der Waals surface area contributed by atoms with E-state index in [1.54, 1.807) is 0 Å². The fourth-order valence-corrected chi connectivity index (χ4v) is 3.75. The molecule has 1 radical (unpaired) electrons. The molecule has 1 aliphatic carbocycles. The maximum atomic E-state index is 12.0. The van der Waals surface area contributed by atoms with Crippen LogP contribution in [0.5, 0.6) is 0 Å². The van der Waals surface area contributed by atoms with Crippen molar-refractivity contribution >= 4 is 27.3 Å². The molecule has 17 heavy (non-hydrogen) atoms. The van der Waals surface area contributed by atoms with Gasteiger partial charge in [0.25, 0.3) is 10.0 Å². The van der Waals surface area contributed by atoms with E-state index < -0.39 is 21.5 Å². The van der Waals surface area contributed by atoms with Gasteiger partial charge in [-0.3, -0.25) is 4.79 Å². The molecule has 8 heteroatoms. The highest BCUT2D eigenvalue weighted by Gasteiger charge is 2.48. The van der Waals surface area contributed by atoms with Crippen LogP contribution in [0, 0.1) is 5.51 Å². The summed E-state index contributed by atoms with van der Waals surface area (Å²) in [6.07, 6.45) is 2.92. The number of nitrogens with one attached hydrogen (secondary N) is 1. The monoisotopic (exact) mass is 275 g/mol. The fraction of sp³-hybridized carbons (Fsp3) is 0.556. The van der Waals surface area contributed by atoms with Crippen molar-refractivity contribution in [2.45, 2.75) is 29.0 Å². The summed E-state index contributed by atoms with van der Waals surface area (Å²) < 4.78 is 31.0. The fourth-order valence-electron chi connectivity index (χ4n) is 1.68. The van der Waals surface area contributed by atoms with Gasteiger partial charge in [0.2, 0.25) is 0 Å². The number of nitrogens with zero attached hydrogens (tertiary/aromatic N) is 1. The summed E-state index contributed by atoms with van der Waals surface area (Å²) in [4.78, 5) is 15.2. The van der Waals surface area contributed by atoms with Crippen LogP contribution < -0.4 is 4.72 Å². The molecule has 0 unspecified atom stereocenters. The number of esters is 1. The molecule has 93 valence electrons. The zero-order valence-corrected chi connectivity index (χ0v) is 10.7. The summed E-state index contributed by atoms with van der Waals surface area (Å²) in [6.45, 7) is 0. The van der Waals surface area contributed by atoms with Gasteiger partial charge in [0.15, 0.2) is 9.72 Å². The van der Waals surface area contributed by atoms with Gasteiger partial charge in [-0.1, -0.05) is 11.3 Å². The van der Waals surface area contributed by atoms with Crippen molar-refractivity contribution in [2.24, 2.45) is 0 Å². The Balaban J connectivity index is 2.23. The number of rotatable bonds is 4. The zero-order valence-electron chi connectivity index (χ0n) is 9.10. The molecule has 6 nitrogen and oxygen atoms in total. The summed E-state index contributed by atoms with van der Waals surface area (Å²) >= 11 is 0.886. The summed E-state index contributed by atoms with van der Waals surface area (Å²) in [7, 11) is -2.47. The Kier molecular flexibility index (Phi) is 3.19. The van der Waals surface area contributed by atoms with E-state index in [9.17, 15) is 13.2 Å². The second kappa shape index (κ2) is 4.35. The molecule has 1 N–H and O–H groups in total. The number of carbonyl (C=O) groups excluding carboxylic acids is 1. The van der Waals surface area contributed by atoms with Crippen molar-refractivity contribution in [1.82, 2.24) is 9.71 Å². The third-order valence-electron chi connectivity index (χ3n) is 2.75. The highest BCUT2D eigenvalue weighted by molar-refractivity contribution is 7.91. The molecule has 0 spiro atoms. The summed E-state index contributed by atoms with van der Waals surface area (Å²) in [5.41, 5.74) is 1.36. The van der Waals surface area contributed by atoms with Crippen molar-refractivity contribution in [3.8, 4) is 0 Å². The minimum Gasteiger partial charge on any atom is -0.468 e. The van der Waals surface area contributed by atoms with Crippen LogP contribution in [0.3, 0.4) is 0 Å². The Labute approximate surface area is 103 Å². The van der Waals surface area contributed by atoms with Crippen LogP contribution in [0.1, 0.15) is 19.3 Å². The largest absolute Gasteiger partial charge is 0.468 e. The lowest BCUT2D eigenvalue weighted by molar-refractivity contribution is -0.151. The smallest absolute Gasteiger partial charge is 0.327 e. The molecule has 1 aliphatic rings. The third kappa shape index (κ3) is 2.20. The molecule has 1 heterocycles. The lowest BCUT2D eigenvalue weighted by atomic mass is 9.78. The molecule has 0 amide bonds. The average molecular weight is 275 g/mol. The molecule has 0 saturated heterocycles.